The molecule has 14 heteroatoms. The average molecular weight is 503 g/mol. The van der Waals surface area contributed by atoms with Gasteiger partial charge < -0.3 is 10.1 Å². The molecule has 1 unspecified atom stereocenters. The Kier molecular flexibility index (Phi) is 7.08. The number of halogens is 5. The smallest absolute Gasteiger partial charge is 0.416 e. The molecule has 0 aliphatic heterocycles. The van der Waals surface area contributed by atoms with Crippen molar-refractivity contribution in [1.29, 1.82) is 0 Å². The molecule has 9 nitrogen and oxygen atoms in total. The Morgan fingerprint density at radius 3 is 2.48 bits per heavy atom. The summed E-state index contributed by atoms with van der Waals surface area (Å²) in [5, 5.41) is 9.06. The van der Waals surface area contributed by atoms with Gasteiger partial charge in [-0.25, -0.2) is 9.78 Å². The molecular weight excluding hydrogens is 488 g/mol. The summed E-state index contributed by atoms with van der Waals surface area (Å²) in [5.41, 5.74) is -1.36. The van der Waals surface area contributed by atoms with Crippen LogP contribution < -0.4 is 10.6 Å². The maximum atomic E-state index is 13.1. The fourth-order valence-corrected chi connectivity index (χ4v) is 3.04. The number of methoxy groups -OCH3 is 1. The number of rotatable bonds is 5. The third-order valence-electron chi connectivity index (χ3n) is 4.18. The highest BCUT2D eigenvalue weighted by atomic mass is 35.5. The van der Waals surface area contributed by atoms with Gasteiger partial charge in [0.2, 0.25) is 0 Å². The summed E-state index contributed by atoms with van der Waals surface area (Å²) in [6.45, 7) is 1.52. The van der Waals surface area contributed by atoms with Crippen molar-refractivity contribution in [3.05, 3.63) is 63.5 Å². The fourth-order valence-electron chi connectivity index (χ4n) is 2.69. The number of nitrogens with zero attached hydrogens (tertiary/aromatic N) is 4. The van der Waals surface area contributed by atoms with Gasteiger partial charge in [-0.2, -0.15) is 22.8 Å². The van der Waals surface area contributed by atoms with Gasteiger partial charge in [0, 0.05) is 16.8 Å². The molecule has 3 aromatic rings. The zero-order chi connectivity index (χ0) is 24.3. The zero-order valence-electron chi connectivity index (χ0n) is 16.9. The van der Waals surface area contributed by atoms with Gasteiger partial charge >= 0.3 is 12.3 Å². The quantitative estimate of drug-likeness (QED) is 0.524. The second kappa shape index (κ2) is 9.63. The zero-order valence-corrected chi connectivity index (χ0v) is 18.5. The van der Waals surface area contributed by atoms with Crippen LogP contribution in [0.25, 0.3) is 5.82 Å². The Balaban J connectivity index is 1.93. The highest BCUT2D eigenvalue weighted by molar-refractivity contribution is 6.31. The van der Waals surface area contributed by atoms with E-state index in [1.54, 1.807) is 0 Å². The Labute approximate surface area is 194 Å². The molecule has 174 valence electrons. The van der Waals surface area contributed by atoms with Crippen LogP contribution in [0.4, 0.5) is 23.9 Å². The summed E-state index contributed by atoms with van der Waals surface area (Å²) < 4.78 is 45.0. The molecule has 0 saturated carbocycles. The molecule has 0 saturated heterocycles. The van der Waals surface area contributed by atoms with Crippen molar-refractivity contribution >= 4 is 41.2 Å². The summed E-state index contributed by atoms with van der Waals surface area (Å²) in [6, 6.07) is 4.68. The number of amides is 2. The Morgan fingerprint density at radius 2 is 1.88 bits per heavy atom. The Hall–Kier alpha value is -3.38. The molecule has 33 heavy (non-hydrogen) atoms. The number of carbonyl (C=O) groups is 2. The van der Waals surface area contributed by atoms with Crippen molar-refractivity contribution in [3.63, 3.8) is 0 Å². The third kappa shape index (κ3) is 5.90. The molecule has 0 bridgehead atoms. The third-order valence-corrected chi connectivity index (χ3v) is 4.62. The number of pyridine rings is 1. The molecule has 3 rings (SSSR count). The summed E-state index contributed by atoms with van der Waals surface area (Å²) in [6.07, 6.45) is -4.16. The van der Waals surface area contributed by atoms with Crippen LogP contribution in [-0.4, -0.2) is 38.9 Å². The van der Waals surface area contributed by atoms with Crippen LogP contribution in [0.3, 0.4) is 0 Å². The van der Waals surface area contributed by atoms with E-state index in [1.165, 1.54) is 29.9 Å². The molecule has 2 amide bonds. The van der Waals surface area contributed by atoms with E-state index in [0.717, 1.165) is 19.2 Å². The van der Waals surface area contributed by atoms with Gasteiger partial charge in [0.25, 0.3) is 11.9 Å². The summed E-state index contributed by atoms with van der Waals surface area (Å²) in [7, 11) is 1.15. The van der Waals surface area contributed by atoms with Gasteiger partial charge in [0.1, 0.15) is 0 Å². The molecule has 1 atom stereocenters. The van der Waals surface area contributed by atoms with Crippen LogP contribution in [0, 0.1) is 0 Å². The van der Waals surface area contributed by atoms with Crippen LogP contribution >= 0.6 is 23.2 Å². The van der Waals surface area contributed by atoms with Gasteiger partial charge in [0.05, 0.1) is 23.7 Å². The van der Waals surface area contributed by atoms with Crippen molar-refractivity contribution in [2.24, 2.45) is 0 Å². The lowest BCUT2D eigenvalue weighted by atomic mass is 10.1. The molecule has 2 heterocycles. The number of aromatic nitrogens is 4. The second-order valence-electron chi connectivity index (χ2n) is 6.58. The van der Waals surface area contributed by atoms with E-state index < -0.39 is 29.8 Å². The van der Waals surface area contributed by atoms with Gasteiger partial charge in [-0.3, -0.25) is 10.1 Å². The molecule has 0 aliphatic carbocycles. The fraction of sp³-hybridized carbons (Fsp3) is 0.211. The number of hydrogen-bond acceptors (Lipinski definition) is 6. The van der Waals surface area contributed by atoms with Crippen molar-refractivity contribution < 1.29 is 27.5 Å². The number of alkyl halides is 3. The minimum atomic E-state index is -4.68. The van der Waals surface area contributed by atoms with Crippen LogP contribution in [-0.2, 0) is 10.9 Å². The number of anilines is 1. The maximum absolute atomic E-state index is 13.1. The molecule has 0 aliphatic rings. The normalized spacial score (nSPS) is 12.2. The van der Waals surface area contributed by atoms with Crippen molar-refractivity contribution in [2.45, 2.75) is 19.1 Å². The SMILES string of the molecule is COC(=O)Nc1nc(C(C)NC(=O)c2cc(Cl)cc(C(F)(F)F)c2)n(-c2ccc(Cl)cn2)n1. The predicted molar refractivity (Wildman–Crippen MR) is 113 cm³/mol. The minimum absolute atomic E-state index is 0.114. The summed E-state index contributed by atoms with van der Waals surface area (Å²) >= 11 is 11.6. The molecule has 2 aromatic heterocycles. The monoisotopic (exact) mass is 502 g/mol. The first-order valence-corrected chi connectivity index (χ1v) is 9.86. The Bertz CT molecular complexity index is 1180. The van der Waals surface area contributed by atoms with Crippen LogP contribution in [0.1, 0.15) is 34.7 Å². The van der Waals surface area contributed by atoms with Crippen LogP contribution in [0.15, 0.2) is 36.5 Å². The largest absolute Gasteiger partial charge is 0.453 e. The molecular formula is C19H15Cl2F3N6O3. The lowest BCUT2D eigenvalue weighted by molar-refractivity contribution is -0.137. The molecule has 0 spiro atoms. The Morgan fingerprint density at radius 1 is 1.15 bits per heavy atom. The van der Waals surface area contributed by atoms with E-state index in [-0.39, 0.29) is 28.2 Å². The first-order chi connectivity index (χ1) is 15.5. The van der Waals surface area contributed by atoms with E-state index in [2.05, 4.69) is 30.4 Å². The average Bonchev–Trinajstić information content (AvgIpc) is 3.16. The highest BCUT2D eigenvalue weighted by Gasteiger charge is 2.32. The van der Waals surface area contributed by atoms with Gasteiger partial charge in [-0.1, -0.05) is 23.2 Å². The number of nitrogens with one attached hydrogen (secondary N) is 2. The topological polar surface area (TPSA) is 111 Å². The van der Waals surface area contributed by atoms with E-state index in [4.69, 9.17) is 23.2 Å². The maximum Gasteiger partial charge on any atom is 0.416 e. The van der Waals surface area contributed by atoms with E-state index >= 15 is 0 Å². The van der Waals surface area contributed by atoms with Gasteiger partial charge in [0.15, 0.2) is 11.6 Å². The van der Waals surface area contributed by atoms with Gasteiger partial charge in [-0.15, -0.1) is 5.10 Å². The van der Waals surface area contributed by atoms with Crippen molar-refractivity contribution in [3.8, 4) is 5.82 Å². The van der Waals surface area contributed by atoms with E-state index in [9.17, 15) is 22.8 Å². The molecule has 1 aromatic carbocycles. The van der Waals surface area contributed by atoms with Crippen molar-refractivity contribution in [2.75, 3.05) is 12.4 Å². The lowest BCUT2D eigenvalue weighted by Crippen LogP contribution is -2.29. The summed E-state index contributed by atoms with van der Waals surface area (Å²) in [5.74, 6) is -0.626. The lowest BCUT2D eigenvalue weighted by Gasteiger charge is -2.15. The molecule has 2 N–H and O–H groups in total. The van der Waals surface area contributed by atoms with Crippen LogP contribution in [0.2, 0.25) is 10.0 Å². The molecule has 0 radical (unpaired) electrons. The van der Waals surface area contributed by atoms with E-state index in [0.29, 0.717) is 11.1 Å². The highest BCUT2D eigenvalue weighted by Crippen LogP contribution is 2.32. The van der Waals surface area contributed by atoms with Crippen LogP contribution in [0.5, 0.6) is 0 Å². The number of ether oxygens (including phenoxy) is 1. The predicted octanol–water partition coefficient (Wildman–Crippen LogP) is 4.66. The summed E-state index contributed by atoms with van der Waals surface area (Å²) in [4.78, 5) is 32.5. The number of carbonyl (C=O) groups excluding carboxylic acids is 2. The van der Waals surface area contributed by atoms with Gasteiger partial charge in [-0.05, 0) is 37.3 Å². The number of benzene rings is 1. The standard InChI is InChI=1S/C19H15Cl2F3N6O3/c1-9(26-16(31)10-5-11(19(22,23)24)7-13(21)6-10)15-27-17(28-18(32)33-2)29-30(15)14-4-3-12(20)8-25-14/h3-9H,1-2H3,(H,26,31)(H,28,29,32). The van der Waals surface area contributed by atoms with Crippen molar-refractivity contribution in [1.82, 2.24) is 25.1 Å². The number of hydrogen-bond donors (Lipinski definition) is 2. The molecule has 0 fully saturated rings. The first kappa shape index (κ1) is 24.3. The van der Waals surface area contributed by atoms with E-state index in [1.807, 2.05) is 0 Å². The second-order valence-corrected chi connectivity index (χ2v) is 7.45. The minimum Gasteiger partial charge on any atom is -0.453 e. The first-order valence-electron chi connectivity index (χ1n) is 9.10.